The summed E-state index contributed by atoms with van der Waals surface area (Å²) in [6, 6.07) is 3.63. The van der Waals surface area contributed by atoms with Gasteiger partial charge in [-0.2, -0.15) is 0 Å². The molecule has 0 spiro atoms. The summed E-state index contributed by atoms with van der Waals surface area (Å²) in [6.07, 6.45) is 1.84. The van der Waals surface area contributed by atoms with Crippen molar-refractivity contribution in [2.24, 2.45) is 0 Å². The number of phenolic OH excluding ortho intramolecular Hbond substituents is 1. The number of phenols is 1. The molecule has 0 radical (unpaired) electrons. The summed E-state index contributed by atoms with van der Waals surface area (Å²) in [5, 5.41) is 10.1. The minimum atomic E-state index is 0.00220. The van der Waals surface area contributed by atoms with Crippen molar-refractivity contribution in [3.63, 3.8) is 0 Å². The van der Waals surface area contributed by atoms with Crippen LogP contribution in [-0.2, 0) is 0 Å². The van der Waals surface area contributed by atoms with E-state index in [-0.39, 0.29) is 11.9 Å². The van der Waals surface area contributed by atoms with Gasteiger partial charge in [-0.1, -0.05) is 6.58 Å². The van der Waals surface area contributed by atoms with Gasteiger partial charge in [0.25, 0.3) is 0 Å². The van der Waals surface area contributed by atoms with Crippen LogP contribution in [0, 0.1) is 0 Å². The summed E-state index contributed by atoms with van der Waals surface area (Å²) in [4.78, 5) is 0. The lowest BCUT2D eigenvalue weighted by molar-refractivity contribution is 0.229. The zero-order valence-electron chi connectivity index (χ0n) is 10.3. The highest BCUT2D eigenvalue weighted by Gasteiger charge is 2.20. The number of benzene rings is 1. The van der Waals surface area contributed by atoms with Gasteiger partial charge < -0.3 is 14.6 Å². The highest BCUT2D eigenvalue weighted by molar-refractivity contribution is 5.77. The minimum absolute atomic E-state index is 0.00220. The summed E-state index contributed by atoms with van der Waals surface area (Å²) in [7, 11) is 0. The number of aromatic hydroxyl groups is 1. The van der Waals surface area contributed by atoms with Crippen molar-refractivity contribution in [2.45, 2.75) is 26.9 Å². The van der Waals surface area contributed by atoms with Crippen LogP contribution in [0.25, 0.3) is 5.57 Å². The molecule has 1 aliphatic rings. The van der Waals surface area contributed by atoms with Gasteiger partial charge in [0.1, 0.15) is 5.76 Å². The lowest BCUT2D eigenvalue weighted by Crippen LogP contribution is -2.07. The van der Waals surface area contributed by atoms with E-state index in [2.05, 4.69) is 6.58 Å². The smallest absolute Gasteiger partial charge is 0.202 e. The number of fused-ring (bicyclic) bond motifs is 1. The molecule has 90 valence electrons. The van der Waals surface area contributed by atoms with Gasteiger partial charge in [-0.3, -0.25) is 0 Å². The SMILES string of the molecule is C=C1C=C(C)c2ccc(OC(C)C)c(O)c2O1. The molecule has 3 heteroatoms. The van der Waals surface area contributed by atoms with Gasteiger partial charge in [0.15, 0.2) is 11.5 Å². The van der Waals surface area contributed by atoms with Gasteiger partial charge >= 0.3 is 0 Å². The maximum atomic E-state index is 10.1. The molecule has 0 bridgehead atoms. The molecule has 0 aliphatic carbocycles. The predicted octanol–water partition coefficient (Wildman–Crippen LogP) is 3.49. The Bertz CT molecular complexity index is 498. The van der Waals surface area contributed by atoms with E-state index in [0.29, 0.717) is 17.3 Å². The van der Waals surface area contributed by atoms with Crippen LogP contribution in [0.5, 0.6) is 17.2 Å². The molecule has 0 atom stereocenters. The van der Waals surface area contributed by atoms with E-state index in [4.69, 9.17) is 9.47 Å². The predicted molar refractivity (Wildman–Crippen MR) is 67.3 cm³/mol. The Kier molecular flexibility index (Phi) is 2.84. The Labute approximate surface area is 101 Å². The third kappa shape index (κ3) is 2.13. The van der Waals surface area contributed by atoms with Crippen LogP contribution in [0.4, 0.5) is 0 Å². The normalized spacial score (nSPS) is 14.1. The molecular formula is C14H16O3. The van der Waals surface area contributed by atoms with Gasteiger partial charge in [0, 0.05) is 5.56 Å². The summed E-state index contributed by atoms with van der Waals surface area (Å²) in [6.45, 7) is 9.51. The van der Waals surface area contributed by atoms with Gasteiger partial charge in [-0.05, 0) is 44.6 Å². The minimum Gasteiger partial charge on any atom is -0.502 e. The molecular weight excluding hydrogens is 216 g/mol. The van der Waals surface area contributed by atoms with Gasteiger partial charge in [0.2, 0.25) is 5.75 Å². The molecule has 0 amide bonds. The number of rotatable bonds is 2. The van der Waals surface area contributed by atoms with Crippen LogP contribution in [0.1, 0.15) is 26.3 Å². The van der Waals surface area contributed by atoms with E-state index in [1.807, 2.05) is 32.9 Å². The van der Waals surface area contributed by atoms with Gasteiger partial charge in [-0.25, -0.2) is 0 Å². The zero-order chi connectivity index (χ0) is 12.6. The topological polar surface area (TPSA) is 38.7 Å². The van der Waals surface area contributed by atoms with Crippen molar-refractivity contribution in [3.8, 4) is 17.2 Å². The maximum Gasteiger partial charge on any atom is 0.202 e. The first-order chi connectivity index (χ1) is 7.99. The molecule has 3 nitrogen and oxygen atoms in total. The lowest BCUT2D eigenvalue weighted by Gasteiger charge is -2.21. The largest absolute Gasteiger partial charge is 0.502 e. The van der Waals surface area contributed by atoms with E-state index in [1.165, 1.54) is 0 Å². The zero-order valence-corrected chi connectivity index (χ0v) is 10.3. The monoisotopic (exact) mass is 232 g/mol. The summed E-state index contributed by atoms with van der Waals surface area (Å²) in [5.41, 5.74) is 1.88. The van der Waals surface area contributed by atoms with Crippen LogP contribution >= 0.6 is 0 Å². The number of allylic oxidation sites excluding steroid dienone is 2. The first kappa shape index (κ1) is 11.6. The van der Waals surface area contributed by atoms with E-state index < -0.39 is 0 Å². The molecule has 1 aromatic carbocycles. The summed E-state index contributed by atoms with van der Waals surface area (Å²) < 4.78 is 11.0. The highest BCUT2D eigenvalue weighted by atomic mass is 16.5. The second-order valence-electron chi connectivity index (χ2n) is 4.35. The first-order valence-electron chi connectivity index (χ1n) is 5.57. The fraction of sp³-hybridized carbons (Fsp3) is 0.286. The molecule has 0 fully saturated rings. The molecule has 1 heterocycles. The maximum absolute atomic E-state index is 10.1. The summed E-state index contributed by atoms with van der Waals surface area (Å²) in [5.74, 6) is 1.41. The molecule has 2 rings (SSSR count). The lowest BCUT2D eigenvalue weighted by atomic mass is 10.0. The Morgan fingerprint density at radius 1 is 1.35 bits per heavy atom. The van der Waals surface area contributed by atoms with E-state index in [1.54, 1.807) is 6.07 Å². The fourth-order valence-corrected chi connectivity index (χ4v) is 1.80. The second kappa shape index (κ2) is 4.17. The molecule has 0 aromatic heterocycles. The number of hydrogen-bond donors (Lipinski definition) is 1. The Balaban J connectivity index is 2.49. The number of ether oxygens (including phenoxy) is 2. The molecule has 0 unspecified atom stereocenters. The molecule has 1 aromatic rings. The molecule has 1 N–H and O–H groups in total. The van der Waals surface area contributed by atoms with E-state index >= 15 is 0 Å². The van der Waals surface area contributed by atoms with Crippen LogP contribution in [-0.4, -0.2) is 11.2 Å². The average molecular weight is 232 g/mol. The van der Waals surface area contributed by atoms with Crippen molar-refractivity contribution in [1.82, 2.24) is 0 Å². The van der Waals surface area contributed by atoms with E-state index in [0.717, 1.165) is 11.1 Å². The van der Waals surface area contributed by atoms with Gasteiger partial charge in [-0.15, -0.1) is 0 Å². The second-order valence-corrected chi connectivity index (χ2v) is 4.35. The Morgan fingerprint density at radius 3 is 2.71 bits per heavy atom. The highest BCUT2D eigenvalue weighted by Crippen LogP contribution is 2.45. The van der Waals surface area contributed by atoms with Crippen molar-refractivity contribution in [2.75, 3.05) is 0 Å². The van der Waals surface area contributed by atoms with Gasteiger partial charge in [0.05, 0.1) is 6.10 Å². The molecule has 1 aliphatic heterocycles. The third-order valence-corrected chi connectivity index (χ3v) is 2.49. The fourth-order valence-electron chi connectivity index (χ4n) is 1.80. The van der Waals surface area contributed by atoms with Crippen LogP contribution in [0.15, 0.2) is 30.5 Å². The first-order valence-corrected chi connectivity index (χ1v) is 5.57. The third-order valence-electron chi connectivity index (χ3n) is 2.49. The van der Waals surface area contributed by atoms with Crippen molar-refractivity contribution < 1.29 is 14.6 Å². The van der Waals surface area contributed by atoms with Crippen LogP contribution < -0.4 is 9.47 Å². The standard InChI is InChI=1S/C14H16O3/c1-8(2)16-12-6-5-11-9(3)7-10(4)17-14(11)13(12)15/h5-8,15H,4H2,1-3H3. The van der Waals surface area contributed by atoms with Crippen molar-refractivity contribution in [1.29, 1.82) is 0 Å². The van der Waals surface area contributed by atoms with E-state index in [9.17, 15) is 5.11 Å². The van der Waals surface area contributed by atoms with Crippen molar-refractivity contribution >= 4 is 5.57 Å². The molecule has 0 saturated heterocycles. The Morgan fingerprint density at radius 2 is 2.06 bits per heavy atom. The quantitative estimate of drug-likeness (QED) is 0.848. The molecule has 0 saturated carbocycles. The number of hydrogen-bond acceptors (Lipinski definition) is 3. The Hall–Kier alpha value is -1.90. The summed E-state index contributed by atoms with van der Waals surface area (Å²) >= 11 is 0. The average Bonchev–Trinajstić information content (AvgIpc) is 2.22. The van der Waals surface area contributed by atoms with Crippen LogP contribution in [0.3, 0.4) is 0 Å². The van der Waals surface area contributed by atoms with Crippen molar-refractivity contribution in [3.05, 3.63) is 36.1 Å². The van der Waals surface area contributed by atoms with Crippen LogP contribution in [0.2, 0.25) is 0 Å². The molecule has 17 heavy (non-hydrogen) atoms.